The fraction of sp³-hybridized carbons (Fsp3) is 0.211. The molecule has 1 atom stereocenters. The zero-order valence-corrected chi connectivity index (χ0v) is 17.7. The third-order valence-corrected chi connectivity index (χ3v) is 6.94. The molecule has 0 radical (unpaired) electrons. The minimum Gasteiger partial charge on any atom is -0.497 e. The topological polar surface area (TPSA) is 110 Å². The number of aromatic nitrogens is 2. The summed E-state index contributed by atoms with van der Waals surface area (Å²) in [4.78, 5) is 12.4. The Hall–Kier alpha value is -2.82. The van der Waals surface area contributed by atoms with E-state index in [1.807, 2.05) is 19.1 Å². The fourth-order valence-corrected chi connectivity index (χ4v) is 4.75. The summed E-state index contributed by atoms with van der Waals surface area (Å²) in [5.74, 6) is 0.310. The number of nitrogens with zero attached hydrogens (tertiary/aromatic N) is 2. The zero-order valence-electron chi connectivity index (χ0n) is 16.0. The van der Waals surface area contributed by atoms with Gasteiger partial charge in [0.2, 0.25) is 9.47 Å². The number of hydrogen-bond acceptors (Lipinski definition) is 7. The first-order valence-electron chi connectivity index (χ1n) is 8.67. The quantitative estimate of drug-likeness (QED) is 0.555. The van der Waals surface area contributed by atoms with E-state index in [4.69, 9.17) is 4.74 Å². The molecule has 1 aromatic heterocycles. The minimum atomic E-state index is -3.90. The van der Waals surface area contributed by atoms with Gasteiger partial charge in [0.25, 0.3) is 15.9 Å². The molecule has 1 heterocycles. The van der Waals surface area contributed by atoms with Gasteiger partial charge < -0.3 is 4.74 Å². The van der Waals surface area contributed by atoms with Crippen LogP contribution in [0.4, 0.5) is 5.13 Å². The van der Waals surface area contributed by atoms with Crippen LogP contribution in [0.5, 0.6) is 5.75 Å². The van der Waals surface area contributed by atoms with Gasteiger partial charge in [0.05, 0.1) is 7.11 Å². The van der Waals surface area contributed by atoms with Crippen molar-refractivity contribution >= 4 is 32.4 Å². The van der Waals surface area contributed by atoms with Crippen molar-refractivity contribution in [1.82, 2.24) is 14.9 Å². The van der Waals surface area contributed by atoms with E-state index < -0.39 is 16.1 Å². The van der Waals surface area contributed by atoms with Gasteiger partial charge in [-0.25, -0.2) is 13.1 Å². The average Bonchev–Trinajstić information content (AvgIpc) is 3.17. The van der Waals surface area contributed by atoms with Crippen molar-refractivity contribution in [3.8, 4) is 5.75 Å². The van der Waals surface area contributed by atoms with Crippen LogP contribution < -0.4 is 14.8 Å². The molecule has 0 bridgehead atoms. The molecule has 3 aromatic rings. The number of aryl methyl sites for hydroxylation is 1. The third kappa shape index (κ3) is 4.97. The number of rotatable bonds is 7. The first-order valence-corrected chi connectivity index (χ1v) is 11.0. The Bertz CT molecular complexity index is 1110. The highest BCUT2D eigenvalue weighted by atomic mass is 32.2. The Morgan fingerprint density at radius 3 is 2.45 bits per heavy atom. The maximum atomic E-state index is 12.6. The Labute approximate surface area is 173 Å². The van der Waals surface area contributed by atoms with E-state index in [-0.39, 0.29) is 15.4 Å². The molecule has 0 aliphatic heterocycles. The predicted octanol–water partition coefficient (Wildman–Crippen LogP) is 3.15. The molecule has 0 saturated heterocycles. The molecular weight excluding hydrogens is 412 g/mol. The molecule has 0 unspecified atom stereocenters. The Kier molecular flexibility index (Phi) is 6.26. The van der Waals surface area contributed by atoms with Crippen molar-refractivity contribution in [2.75, 3.05) is 12.4 Å². The second kappa shape index (κ2) is 8.68. The summed E-state index contributed by atoms with van der Waals surface area (Å²) in [5, 5.41) is 10.2. The van der Waals surface area contributed by atoms with Crippen LogP contribution in [-0.2, 0) is 10.0 Å². The summed E-state index contributed by atoms with van der Waals surface area (Å²) in [5.41, 5.74) is 2.06. The highest BCUT2D eigenvalue weighted by Crippen LogP contribution is 2.24. The number of hydrogen-bond donors (Lipinski definition) is 2. The highest BCUT2D eigenvalue weighted by Gasteiger charge is 2.24. The average molecular weight is 433 g/mol. The summed E-state index contributed by atoms with van der Waals surface area (Å²) in [7, 11) is -2.34. The number of carbonyl (C=O) groups excluding carboxylic acids is 1. The smallest absolute Gasteiger partial charge is 0.270 e. The lowest BCUT2D eigenvalue weighted by atomic mass is 10.1. The van der Waals surface area contributed by atoms with Crippen LogP contribution in [0, 0.1) is 6.92 Å². The van der Waals surface area contributed by atoms with Gasteiger partial charge in [-0.1, -0.05) is 41.7 Å². The SMILES string of the molecule is COc1ccc([C@H](C)NS(=O)(=O)c2nnc(NC(=O)c3ccccc3C)s2)cc1. The second-order valence-corrected chi connectivity index (χ2v) is 9.12. The molecule has 0 aliphatic carbocycles. The lowest BCUT2D eigenvalue weighted by Crippen LogP contribution is -2.26. The first kappa shape index (κ1) is 20.9. The van der Waals surface area contributed by atoms with Crippen LogP contribution in [0.2, 0.25) is 0 Å². The zero-order chi connectivity index (χ0) is 21.0. The summed E-state index contributed by atoms with van der Waals surface area (Å²) in [6.45, 7) is 3.54. The van der Waals surface area contributed by atoms with E-state index in [0.29, 0.717) is 11.3 Å². The molecule has 0 spiro atoms. The molecule has 0 aliphatic rings. The normalized spacial score (nSPS) is 12.4. The van der Waals surface area contributed by atoms with Crippen LogP contribution in [0.1, 0.15) is 34.5 Å². The Morgan fingerprint density at radius 2 is 1.79 bits per heavy atom. The van der Waals surface area contributed by atoms with Crippen LogP contribution in [0.15, 0.2) is 52.9 Å². The van der Waals surface area contributed by atoms with Gasteiger partial charge in [-0.05, 0) is 43.2 Å². The molecule has 0 fully saturated rings. The molecule has 8 nitrogen and oxygen atoms in total. The van der Waals surface area contributed by atoms with Crippen molar-refractivity contribution < 1.29 is 17.9 Å². The minimum absolute atomic E-state index is 0.107. The second-order valence-electron chi connectivity index (χ2n) is 6.26. The first-order chi connectivity index (χ1) is 13.8. The standard InChI is InChI=1S/C19H20N4O4S2/c1-12-6-4-5-7-16(12)17(24)20-18-21-22-19(28-18)29(25,26)23-13(2)14-8-10-15(27-3)11-9-14/h4-11,13,23H,1-3H3,(H,20,21,24)/t13-/m0/s1. The number of ether oxygens (including phenoxy) is 1. The van der Waals surface area contributed by atoms with Crippen LogP contribution in [-0.4, -0.2) is 31.6 Å². The van der Waals surface area contributed by atoms with Crippen molar-refractivity contribution in [1.29, 1.82) is 0 Å². The summed E-state index contributed by atoms with van der Waals surface area (Å²) < 4.78 is 32.7. The molecule has 10 heteroatoms. The summed E-state index contributed by atoms with van der Waals surface area (Å²) in [6, 6.07) is 13.7. The predicted molar refractivity (Wildman–Crippen MR) is 111 cm³/mol. The molecule has 3 rings (SSSR count). The van der Waals surface area contributed by atoms with Gasteiger partial charge in [-0.2, -0.15) is 0 Å². The van der Waals surface area contributed by atoms with E-state index in [1.165, 1.54) is 0 Å². The van der Waals surface area contributed by atoms with Crippen molar-refractivity contribution in [2.45, 2.75) is 24.2 Å². The van der Waals surface area contributed by atoms with E-state index in [1.54, 1.807) is 50.4 Å². The lowest BCUT2D eigenvalue weighted by Gasteiger charge is -2.13. The number of nitrogens with one attached hydrogen (secondary N) is 2. The Morgan fingerprint density at radius 1 is 1.10 bits per heavy atom. The van der Waals surface area contributed by atoms with Gasteiger partial charge >= 0.3 is 0 Å². The number of amides is 1. The van der Waals surface area contributed by atoms with E-state index in [9.17, 15) is 13.2 Å². The summed E-state index contributed by atoms with van der Waals surface area (Å²) >= 11 is 0.787. The van der Waals surface area contributed by atoms with Gasteiger partial charge in [0, 0.05) is 11.6 Å². The Balaban J connectivity index is 1.71. The molecular formula is C19H20N4O4S2. The van der Waals surface area contributed by atoms with E-state index in [2.05, 4.69) is 20.2 Å². The van der Waals surface area contributed by atoms with Gasteiger partial charge in [0.1, 0.15) is 5.75 Å². The van der Waals surface area contributed by atoms with Crippen LogP contribution >= 0.6 is 11.3 Å². The number of carbonyl (C=O) groups is 1. The van der Waals surface area contributed by atoms with Gasteiger partial charge in [0.15, 0.2) is 0 Å². The maximum absolute atomic E-state index is 12.6. The van der Waals surface area contributed by atoms with Crippen LogP contribution in [0.3, 0.4) is 0 Å². The molecule has 29 heavy (non-hydrogen) atoms. The molecule has 0 saturated carbocycles. The molecule has 152 valence electrons. The monoisotopic (exact) mass is 432 g/mol. The van der Waals surface area contributed by atoms with E-state index in [0.717, 1.165) is 22.5 Å². The van der Waals surface area contributed by atoms with Crippen molar-refractivity contribution in [2.24, 2.45) is 0 Å². The molecule has 2 aromatic carbocycles. The number of sulfonamides is 1. The third-order valence-electron chi connectivity index (χ3n) is 4.19. The van der Waals surface area contributed by atoms with Crippen molar-refractivity contribution in [3.05, 3.63) is 65.2 Å². The highest BCUT2D eigenvalue weighted by molar-refractivity contribution is 7.91. The lowest BCUT2D eigenvalue weighted by molar-refractivity contribution is 0.102. The summed E-state index contributed by atoms with van der Waals surface area (Å²) in [6.07, 6.45) is 0. The largest absolute Gasteiger partial charge is 0.497 e. The van der Waals surface area contributed by atoms with E-state index >= 15 is 0 Å². The maximum Gasteiger partial charge on any atom is 0.270 e. The van der Waals surface area contributed by atoms with Gasteiger partial charge in [-0.3, -0.25) is 10.1 Å². The number of anilines is 1. The fourth-order valence-electron chi connectivity index (χ4n) is 2.60. The molecule has 2 N–H and O–H groups in total. The number of benzene rings is 2. The molecule has 1 amide bonds. The van der Waals surface area contributed by atoms with Gasteiger partial charge in [-0.15, -0.1) is 10.2 Å². The number of methoxy groups -OCH3 is 1. The van der Waals surface area contributed by atoms with Crippen LogP contribution in [0.25, 0.3) is 0 Å². The van der Waals surface area contributed by atoms with Crippen molar-refractivity contribution in [3.63, 3.8) is 0 Å².